The van der Waals surface area contributed by atoms with Crippen LogP contribution in [0.5, 0.6) is 0 Å². The van der Waals surface area contributed by atoms with Crippen LogP contribution in [0, 0.1) is 0 Å². The second-order valence-electron chi connectivity index (χ2n) is 14.9. The second kappa shape index (κ2) is 14.2. The van der Waals surface area contributed by atoms with Gasteiger partial charge in [0.05, 0.1) is 0 Å². The number of aliphatic imine (C=N–C) groups is 4. The maximum atomic E-state index is 14.7. The minimum atomic E-state index is -5.72. The Morgan fingerprint density at radius 3 is 1.44 bits per heavy atom. The highest BCUT2D eigenvalue weighted by molar-refractivity contribution is 7.89. The Kier molecular flexibility index (Phi) is 9.41. The normalized spacial score (nSPS) is 16.2. The third-order valence-corrected chi connectivity index (χ3v) is 18.2. The minimum absolute atomic E-state index is 0.0441. The summed E-state index contributed by atoms with van der Waals surface area (Å²) in [4.78, 5) is 33.0. The highest BCUT2D eigenvalue weighted by Gasteiger charge is 2.59. The monoisotopic (exact) mass is 952 g/mol. The molecule has 6 bridgehead atoms. The highest BCUT2D eigenvalue weighted by Crippen LogP contribution is 2.45. The number of hydrogen-bond donors (Lipinski definition) is 0. The lowest BCUT2D eigenvalue weighted by Crippen LogP contribution is -2.65. The van der Waals surface area contributed by atoms with Gasteiger partial charge in [-0.1, -0.05) is 46.4 Å². The van der Waals surface area contributed by atoms with Crippen LogP contribution >= 0.6 is 46.4 Å². The molecule has 61 heavy (non-hydrogen) atoms. The predicted octanol–water partition coefficient (Wildman–Crippen LogP) is 5.72. The maximum Gasteiger partial charge on any atom is 0.632 e. The van der Waals surface area contributed by atoms with Crippen LogP contribution in [-0.4, -0.2) is 107 Å². The number of hydrogen-bond acceptors (Lipinski definition) is 14. The van der Waals surface area contributed by atoms with Crippen molar-refractivity contribution in [1.82, 2.24) is 18.3 Å². The second-order valence-corrected chi connectivity index (χ2v) is 22.8. The van der Waals surface area contributed by atoms with Crippen LogP contribution < -0.4 is 11.0 Å². The molecule has 0 atom stereocenters. The van der Waals surface area contributed by atoms with E-state index in [-0.39, 0.29) is 56.0 Å². The fourth-order valence-corrected chi connectivity index (χ4v) is 16.2. The number of amidine groups is 4. The molecule has 2 aromatic heterocycles. The predicted molar refractivity (Wildman–Crippen MR) is 238 cm³/mol. The van der Waals surface area contributed by atoms with E-state index in [0.717, 1.165) is 0 Å². The first-order valence-corrected chi connectivity index (χ1v) is 24.5. The smallest absolute Gasteiger partial charge is 0.294 e. The zero-order chi connectivity index (χ0) is 42.9. The quantitative estimate of drug-likeness (QED) is 0.174. The number of fused-ring (bicyclic) bond motifs is 14. The zero-order valence-electron chi connectivity index (χ0n) is 32.1. The van der Waals surface area contributed by atoms with Crippen LogP contribution in [0.2, 0.25) is 20.1 Å². The molecule has 0 fully saturated rings. The Morgan fingerprint density at radius 2 is 0.902 bits per heavy atom. The summed E-state index contributed by atoms with van der Waals surface area (Å²) in [5.41, 5.74) is 1.89. The van der Waals surface area contributed by atoms with E-state index in [4.69, 9.17) is 84.1 Å². The molecular formula is C38H28Cl4N10O6S2Si. The third-order valence-electron chi connectivity index (χ3n) is 9.84. The van der Waals surface area contributed by atoms with E-state index in [9.17, 15) is 16.8 Å². The summed E-state index contributed by atoms with van der Waals surface area (Å²) in [6.45, 7) is 0. The summed E-state index contributed by atoms with van der Waals surface area (Å²) in [7, 11) is -9.29. The lowest BCUT2D eigenvalue weighted by atomic mass is 10.1. The fraction of sp³-hybridized carbons (Fsp3) is 0.158. The summed E-state index contributed by atoms with van der Waals surface area (Å²) in [5, 5.41) is 2.59. The van der Waals surface area contributed by atoms with Crippen LogP contribution in [0.1, 0.15) is 22.3 Å². The van der Waals surface area contributed by atoms with Crippen molar-refractivity contribution in [3.8, 4) is 0 Å². The molecule has 4 aliphatic rings. The molecule has 16 nitrogen and oxygen atoms in total. The van der Waals surface area contributed by atoms with E-state index < -0.39 is 40.9 Å². The first kappa shape index (κ1) is 40.4. The highest BCUT2D eigenvalue weighted by atomic mass is 35.5. The van der Waals surface area contributed by atoms with Crippen molar-refractivity contribution in [2.45, 2.75) is 0 Å². The van der Waals surface area contributed by atoms with E-state index >= 15 is 0 Å². The van der Waals surface area contributed by atoms with Gasteiger partial charge in [0.15, 0.2) is 23.3 Å². The Hall–Kier alpha value is -4.64. The van der Waals surface area contributed by atoms with Gasteiger partial charge in [0, 0.05) is 63.9 Å². The van der Waals surface area contributed by atoms with Crippen LogP contribution in [0.15, 0.2) is 103 Å². The lowest BCUT2D eigenvalue weighted by molar-refractivity contribution is 0.326. The fourth-order valence-electron chi connectivity index (χ4n) is 7.71. The first-order chi connectivity index (χ1) is 28.9. The molecule has 0 saturated carbocycles. The van der Waals surface area contributed by atoms with Gasteiger partial charge < -0.3 is 0 Å². The largest absolute Gasteiger partial charge is 0.632 e. The van der Waals surface area contributed by atoms with Crippen molar-refractivity contribution in [2.75, 3.05) is 39.9 Å². The van der Waals surface area contributed by atoms with Crippen molar-refractivity contribution in [2.24, 2.45) is 30.0 Å². The number of nitrogens with zero attached hydrogens (tertiary/aromatic N) is 10. The van der Waals surface area contributed by atoms with Gasteiger partial charge >= 0.3 is 8.88 Å². The van der Waals surface area contributed by atoms with Crippen LogP contribution in [-0.2, 0) is 28.0 Å². The average molecular weight is 955 g/mol. The summed E-state index contributed by atoms with van der Waals surface area (Å²) < 4.78 is 74.6. The standard InChI is InChI=1S/C38H28Cl4N10O6S2Si/c1-49(2)17-59(53,54)57-61(58-60(55,56)18-50(3)4)51-36-25-11-7-21(41)15-29(25)37(51)45-31-23-9-5-19(39)13-27(23)33(43-31)47-35-26-12-8-22(42)16-30(26)38(52(35)61)46-32-24-10-6-20(40)14-28(24)34(44-32)48-36/h5-16H,17-18H2,1-4H3. The third kappa shape index (κ3) is 6.70. The Morgan fingerprint density at radius 1 is 0.492 bits per heavy atom. The summed E-state index contributed by atoms with van der Waals surface area (Å²) in [5.74, 6) is -1.05. The van der Waals surface area contributed by atoms with Gasteiger partial charge in [-0.3, -0.25) is 18.3 Å². The zero-order valence-corrected chi connectivity index (χ0v) is 37.7. The molecule has 0 radical (unpaired) electrons. The summed E-state index contributed by atoms with van der Waals surface area (Å²) >= 11 is 26.6. The van der Waals surface area contributed by atoms with E-state index in [2.05, 4.69) is 0 Å². The average Bonchev–Trinajstić information content (AvgIpc) is 3.85. The van der Waals surface area contributed by atoms with Gasteiger partial charge in [-0.05, 0) is 101 Å². The van der Waals surface area contributed by atoms with Crippen molar-refractivity contribution < 1.29 is 24.6 Å². The number of rotatable bonds is 8. The van der Waals surface area contributed by atoms with E-state index in [0.29, 0.717) is 53.8 Å². The topological polar surface area (TPSA) is 177 Å². The number of benzene rings is 4. The first-order valence-electron chi connectivity index (χ1n) is 18.1. The molecule has 0 unspecified atom stereocenters. The van der Waals surface area contributed by atoms with Crippen LogP contribution in [0.3, 0.4) is 0 Å². The van der Waals surface area contributed by atoms with Gasteiger partial charge in [-0.25, -0.2) is 37.7 Å². The molecule has 0 amide bonds. The minimum Gasteiger partial charge on any atom is -0.294 e. The molecule has 6 aromatic rings. The van der Waals surface area contributed by atoms with Gasteiger partial charge in [0.25, 0.3) is 20.2 Å². The van der Waals surface area contributed by atoms with Gasteiger partial charge in [-0.2, -0.15) is 16.8 Å². The summed E-state index contributed by atoms with van der Waals surface area (Å²) in [6, 6.07) is 19.9. The molecule has 0 N–H and O–H groups in total. The van der Waals surface area contributed by atoms with E-state index in [1.807, 2.05) is 0 Å². The molecule has 10 rings (SSSR count). The van der Waals surface area contributed by atoms with Crippen LogP contribution in [0.4, 0.5) is 11.6 Å². The van der Waals surface area contributed by atoms with Gasteiger partial charge in [0.2, 0.25) is 0 Å². The Balaban J connectivity index is 1.55. The molecule has 6 heterocycles. The molecule has 0 spiro atoms. The van der Waals surface area contributed by atoms with Gasteiger partial charge in [-0.15, -0.1) is 0 Å². The van der Waals surface area contributed by atoms with E-state index in [1.165, 1.54) is 46.5 Å². The van der Waals surface area contributed by atoms with Crippen LogP contribution in [0.25, 0.3) is 21.5 Å². The van der Waals surface area contributed by atoms with Crippen molar-refractivity contribution in [1.29, 1.82) is 0 Å². The number of halogens is 4. The van der Waals surface area contributed by atoms with E-state index in [1.54, 1.807) is 72.8 Å². The molecule has 0 aliphatic carbocycles. The Bertz CT molecular complexity index is 3450. The SMILES string of the molecule is CN(C)CS(=O)(=O)O[Si]1(OS(=O)(=O)CN(C)C)n2c3c4cc(Cl)ccc4c2N=C2N=C(N=c4c5cc(Cl)ccc5c(n41)=NC1=NC(=N3)c3ccc(Cl)cc31)c1ccc(Cl)cc12. The maximum absolute atomic E-state index is 14.7. The summed E-state index contributed by atoms with van der Waals surface area (Å²) in [6.07, 6.45) is 0. The lowest BCUT2D eigenvalue weighted by Gasteiger charge is -2.32. The molecule has 4 aliphatic heterocycles. The Labute approximate surface area is 368 Å². The molecule has 23 heteroatoms. The van der Waals surface area contributed by atoms with Crippen molar-refractivity contribution in [3.63, 3.8) is 0 Å². The van der Waals surface area contributed by atoms with Gasteiger partial charge in [0.1, 0.15) is 34.4 Å². The molecule has 4 aromatic carbocycles. The number of aromatic nitrogens is 2. The van der Waals surface area contributed by atoms with Crippen molar-refractivity contribution in [3.05, 3.63) is 126 Å². The molecular weight excluding hydrogens is 927 g/mol. The van der Waals surface area contributed by atoms with Crippen molar-refractivity contribution >= 4 is 132 Å². The molecule has 310 valence electrons. The molecule has 0 saturated heterocycles.